The van der Waals surface area contributed by atoms with Crippen LogP contribution in [0.25, 0.3) is 77.3 Å². The molecular formula is C103H101O13S3+3. The number of carbonyl (C=O) groups is 5. The number of thiophene rings is 3. The maximum atomic E-state index is 13.2. The number of fused-ring (bicyclic) bond motifs is 9. The summed E-state index contributed by atoms with van der Waals surface area (Å²) in [5, 5.41) is 11.7. The van der Waals surface area contributed by atoms with Crippen molar-refractivity contribution in [2.45, 2.75) is 178 Å². The lowest BCUT2D eigenvalue weighted by molar-refractivity contribution is -0.290. The number of hydrogen-bond acceptors (Lipinski definition) is 13. The Kier molecular flexibility index (Phi) is 21.5. The Morgan fingerprint density at radius 1 is 0.412 bits per heavy atom. The smallest absolute Gasteiger partial charge is 0.345 e. The van der Waals surface area contributed by atoms with Crippen LogP contribution in [-0.4, -0.2) is 54.4 Å². The molecule has 11 aromatic carbocycles. The van der Waals surface area contributed by atoms with E-state index in [-0.39, 0.29) is 68.7 Å². The van der Waals surface area contributed by atoms with Crippen molar-refractivity contribution in [1.82, 2.24) is 0 Å². The minimum atomic E-state index is -1.23. The Balaban J connectivity index is 0.000000128. The number of cyclic esters (lactones) is 1. The standard InChI is InChI=1S/C36H37O5S.C34H31O5S.C33H33O3S/c1-19-11-28(42-22(4)21(3)33-29-8-6-5-7-25(29)9-10-31(33)42)12-20(2)34(19)39-32(37)18-30-35(38)41-36(40-30)26-14-23-13-24(16-26)17-27(36)15-23;1-20-17-26(40-23(4)22(3)31-27-14-10-9-11-24(27)15-16-29(31)40)18-21(2)32(20)37-30(35)19-28-33(36)39-34(5,38-28)25-12-7-6-8-13-25;1-21-18-27(37-24(4)23(3)31-28-15-11-10-12-25(28)16-17-29(31)37)19-22(2)32(21)35-20-30(34)36-33(5,6)26-13-8-7-9-14-26/h5-12,23-24,26-27,30H,13-18H2,1-4H3;6-18,28H,19H2,1-5H3;7-19H,20H2,1-6H3/q3*+1. The van der Waals surface area contributed by atoms with E-state index in [0.29, 0.717) is 17.1 Å². The monoisotopic (exact) mass is 1640 g/mol. The van der Waals surface area contributed by atoms with Gasteiger partial charge in [-0.15, -0.1) is 0 Å². The van der Waals surface area contributed by atoms with E-state index in [1.165, 1.54) is 115 Å². The third-order valence-corrected chi connectivity index (χ3v) is 32.8. The van der Waals surface area contributed by atoms with Crippen LogP contribution < -0.4 is 14.2 Å². The van der Waals surface area contributed by atoms with Gasteiger partial charge in [0.25, 0.3) is 0 Å². The molecule has 6 aliphatic rings. The van der Waals surface area contributed by atoms with E-state index >= 15 is 0 Å². The zero-order chi connectivity index (χ0) is 83.4. The maximum absolute atomic E-state index is 13.2. The quantitative estimate of drug-likeness (QED) is 0.0413. The van der Waals surface area contributed by atoms with Crippen LogP contribution in [0.5, 0.6) is 17.2 Å². The number of carbonyl (C=O) groups excluding carboxylic acids is 5. The Morgan fingerprint density at radius 2 is 0.765 bits per heavy atom. The van der Waals surface area contributed by atoms with Crippen LogP contribution in [0, 0.1) is 107 Å². The predicted molar refractivity (Wildman–Crippen MR) is 480 cm³/mol. The van der Waals surface area contributed by atoms with E-state index < -0.39 is 53.3 Å². The first kappa shape index (κ1) is 80.6. The number of ether oxygens (including phenoxy) is 8. The van der Waals surface area contributed by atoms with Crippen molar-refractivity contribution in [3.63, 3.8) is 0 Å². The summed E-state index contributed by atoms with van der Waals surface area (Å²) >= 11 is 0. The number of rotatable bonds is 15. The molecule has 13 nitrogen and oxygen atoms in total. The second-order valence-corrected chi connectivity index (χ2v) is 40.4. The molecule has 4 bridgehead atoms. The van der Waals surface area contributed by atoms with E-state index in [2.05, 4.69) is 201 Å². The van der Waals surface area contributed by atoms with Gasteiger partial charge in [0.15, 0.2) is 62.2 Å². The lowest BCUT2D eigenvalue weighted by Gasteiger charge is -2.57. The number of benzene rings is 11. The van der Waals surface area contributed by atoms with Gasteiger partial charge in [-0.25, -0.2) is 14.4 Å². The molecule has 14 aromatic rings. The van der Waals surface area contributed by atoms with Crippen molar-refractivity contribution in [3.05, 3.63) is 282 Å². The second kappa shape index (κ2) is 31.7. The van der Waals surface area contributed by atoms with Gasteiger partial charge in [0.1, 0.15) is 22.8 Å². The fraction of sp³-hybridized carbons (Fsp3) is 0.311. The van der Waals surface area contributed by atoms with E-state index in [4.69, 9.17) is 37.9 Å². The molecule has 0 amide bonds. The largest absolute Gasteiger partial charge is 0.481 e. The number of aryl methyl sites for hydroxylation is 9. The molecule has 0 radical (unpaired) electrons. The summed E-state index contributed by atoms with van der Waals surface area (Å²) in [6.07, 6.45) is 3.31. The molecule has 6 fully saturated rings. The SMILES string of the molecule is Cc1cc(-[s+]2c(C)c(C)c3c4ccccc4ccc32)cc(C)c1OC(=O)CC1OC(C)(c2ccccc2)OC1=O.Cc1cc(-[s+]2c(C)c(C)c3c4ccccc4ccc32)cc(C)c1OC(=O)CC1OC2(OC1=O)C1CC3CC(C1)CC2C3.Cc1cc(-[s+]2c(C)c(C)c3c4ccccc4ccc32)cc(C)c1OCC(=O)OC(C)(C)c1ccccc1. The van der Waals surface area contributed by atoms with Gasteiger partial charge in [-0.2, -0.15) is 0 Å². The lowest BCUT2D eigenvalue weighted by Crippen LogP contribution is -2.58. The van der Waals surface area contributed by atoms with Crippen molar-refractivity contribution in [1.29, 1.82) is 0 Å². The molecule has 4 aliphatic carbocycles. The minimum absolute atomic E-state index is 0.126. The summed E-state index contributed by atoms with van der Waals surface area (Å²) in [5.41, 5.74) is 10.6. The summed E-state index contributed by atoms with van der Waals surface area (Å²) in [5.74, 6) is -0.582. The third kappa shape index (κ3) is 14.8. The highest BCUT2D eigenvalue weighted by molar-refractivity contribution is 7.46. The molecule has 16 heteroatoms. The summed E-state index contributed by atoms with van der Waals surface area (Å²) in [6, 6.07) is 71.2. The first-order valence-electron chi connectivity index (χ1n) is 41.4. The van der Waals surface area contributed by atoms with Crippen LogP contribution in [0.15, 0.2) is 206 Å². The molecular weight excluding hydrogens is 1540 g/mol. The van der Waals surface area contributed by atoms with Gasteiger partial charge < -0.3 is 37.9 Å². The van der Waals surface area contributed by atoms with Gasteiger partial charge in [-0.1, -0.05) is 133 Å². The van der Waals surface area contributed by atoms with Gasteiger partial charge in [0.2, 0.25) is 11.6 Å². The molecule has 20 rings (SSSR count). The molecule has 6 atom stereocenters. The summed E-state index contributed by atoms with van der Waals surface area (Å²) in [7, 11) is -0.553. The molecule has 6 unspecified atom stereocenters. The lowest BCUT2D eigenvalue weighted by atomic mass is 9.53. The van der Waals surface area contributed by atoms with Crippen LogP contribution in [-0.2, 0) is 59.0 Å². The van der Waals surface area contributed by atoms with E-state index in [9.17, 15) is 24.0 Å². The van der Waals surface area contributed by atoms with Crippen LogP contribution in [0.3, 0.4) is 0 Å². The van der Waals surface area contributed by atoms with Crippen LogP contribution in [0.1, 0.15) is 142 Å². The molecule has 606 valence electrons. The van der Waals surface area contributed by atoms with Gasteiger partial charge in [-0.3, -0.25) is 9.59 Å². The highest BCUT2D eigenvalue weighted by Crippen LogP contribution is 2.62. The Morgan fingerprint density at radius 3 is 1.17 bits per heavy atom. The van der Waals surface area contributed by atoms with E-state index in [1.807, 2.05) is 102 Å². The highest BCUT2D eigenvalue weighted by atomic mass is 32.2. The van der Waals surface area contributed by atoms with Gasteiger partial charge in [-0.05, 0) is 228 Å². The summed E-state index contributed by atoms with van der Waals surface area (Å²) in [6.45, 7) is 30.8. The van der Waals surface area contributed by atoms with Gasteiger partial charge in [0.05, 0.1) is 29.0 Å². The van der Waals surface area contributed by atoms with Crippen molar-refractivity contribution >= 4 is 124 Å². The summed E-state index contributed by atoms with van der Waals surface area (Å²) in [4.78, 5) is 72.2. The molecule has 0 N–H and O–H groups in total. The van der Waals surface area contributed by atoms with Gasteiger partial charge >= 0.3 is 29.8 Å². The first-order chi connectivity index (χ1) is 57.0. The van der Waals surface area contributed by atoms with Crippen molar-refractivity contribution < 1.29 is 61.9 Å². The molecule has 4 saturated carbocycles. The first-order valence-corrected chi connectivity index (χ1v) is 45.1. The average Bonchev–Trinajstić information content (AvgIpc) is 1.68. The highest BCUT2D eigenvalue weighted by Gasteiger charge is 2.65. The molecule has 3 aromatic heterocycles. The van der Waals surface area contributed by atoms with Crippen molar-refractivity contribution in [3.8, 4) is 31.9 Å². The molecule has 2 aliphatic heterocycles. The molecule has 5 heterocycles. The van der Waals surface area contributed by atoms with Crippen LogP contribution in [0.4, 0.5) is 0 Å². The fourth-order valence-corrected chi connectivity index (χ4v) is 27.7. The number of esters is 5. The molecule has 2 saturated heterocycles. The second-order valence-electron chi connectivity index (χ2n) is 34.0. The van der Waals surface area contributed by atoms with Crippen LogP contribution >= 0.6 is 31.4 Å². The van der Waals surface area contributed by atoms with E-state index in [0.717, 1.165) is 82.2 Å². The normalized spacial score (nSPS) is 20.9. The van der Waals surface area contributed by atoms with Gasteiger partial charge in [0, 0.05) is 130 Å². The van der Waals surface area contributed by atoms with Crippen molar-refractivity contribution in [2.24, 2.45) is 23.7 Å². The maximum Gasteiger partial charge on any atom is 0.345 e. The minimum Gasteiger partial charge on any atom is -0.481 e. The molecule has 119 heavy (non-hydrogen) atoms. The zero-order valence-corrected chi connectivity index (χ0v) is 72.7. The van der Waals surface area contributed by atoms with E-state index in [1.54, 1.807) is 6.92 Å². The van der Waals surface area contributed by atoms with Crippen LogP contribution in [0.2, 0.25) is 0 Å². The topological polar surface area (TPSA) is 159 Å². The Hall–Kier alpha value is -10.9. The third-order valence-electron chi connectivity index (χ3n) is 25.6. The predicted octanol–water partition coefficient (Wildman–Crippen LogP) is 25.3. The fourth-order valence-electron chi connectivity index (χ4n) is 19.8. The Bertz CT molecular complexity index is 6360. The summed E-state index contributed by atoms with van der Waals surface area (Å²) < 4.78 is 51.4. The van der Waals surface area contributed by atoms with Crippen molar-refractivity contribution in [2.75, 3.05) is 6.61 Å². The average molecular weight is 1640 g/mol. The Labute approximate surface area is 703 Å². The zero-order valence-electron chi connectivity index (χ0n) is 70.3. The number of hydrogen-bond donors (Lipinski definition) is 0. The molecule has 1 spiro atoms.